The number of sulfonamides is 1. The van der Waals surface area contributed by atoms with E-state index in [1.807, 2.05) is 0 Å². The molecule has 0 radical (unpaired) electrons. The molecule has 0 aliphatic rings. The summed E-state index contributed by atoms with van der Waals surface area (Å²) in [5, 5.41) is 16.3. The molecule has 0 bridgehead atoms. The number of carbonyl (C=O) groups excluding carboxylic acids is 1. The molecule has 2 N–H and O–H groups in total. The van der Waals surface area contributed by atoms with Gasteiger partial charge in [0, 0.05) is 30.6 Å². The summed E-state index contributed by atoms with van der Waals surface area (Å²) in [6.07, 6.45) is 1.49. The van der Waals surface area contributed by atoms with Gasteiger partial charge in [0.2, 0.25) is 5.75 Å². The molecule has 4 rings (SSSR count). The van der Waals surface area contributed by atoms with E-state index in [9.17, 15) is 13.2 Å². The average Bonchev–Trinajstić information content (AvgIpc) is 3.11. The highest BCUT2D eigenvalue weighted by Gasteiger charge is 2.40. The number of rotatable bonds is 18. The minimum atomic E-state index is -4.69. The van der Waals surface area contributed by atoms with Gasteiger partial charge in [-0.3, -0.25) is 15.4 Å². The van der Waals surface area contributed by atoms with E-state index in [1.54, 1.807) is 56.3 Å². The SMILES string of the molecule is CCC(OC(=O)OCCOCCON(O)O)N(c1nc(-c2ccncc2)nc(OC)c1Oc1ccccc1OC)S(=O)(=O)c1ccc(C)cn1. The number of pyridine rings is 2. The largest absolute Gasteiger partial charge is 0.510 e. The van der Waals surface area contributed by atoms with Crippen LogP contribution in [-0.4, -0.2) is 97.2 Å². The Labute approximate surface area is 287 Å². The normalized spacial score (nSPS) is 11.9. The van der Waals surface area contributed by atoms with Crippen LogP contribution in [0.5, 0.6) is 23.1 Å². The number of nitrogens with zero attached hydrogens (tertiary/aromatic N) is 6. The van der Waals surface area contributed by atoms with Crippen molar-refractivity contribution in [1.82, 2.24) is 25.3 Å². The lowest BCUT2D eigenvalue weighted by Crippen LogP contribution is -2.44. The third-order valence-corrected chi connectivity index (χ3v) is 8.27. The summed E-state index contributed by atoms with van der Waals surface area (Å²) in [5.41, 5.74) is 1.16. The molecule has 1 atom stereocenters. The average molecular weight is 717 g/mol. The van der Waals surface area contributed by atoms with Gasteiger partial charge in [-0.15, -0.1) is 0 Å². The molecule has 0 fully saturated rings. The van der Waals surface area contributed by atoms with Crippen molar-refractivity contribution >= 4 is 22.0 Å². The van der Waals surface area contributed by atoms with Crippen LogP contribution in [0, 0.1) is 6.92 Å². The van der Waals surface area contributed by atoms with E-state index in [0.29, 0.717) is 16.9 Å². The van der Waals surface area contributed by atoms with Crippen molar-refractivity contribution in [3.05, 3.63) is 72.7 Å². The third kappa shape index (κ3) is 9.71. The first-order chi connectivity index (χ1) is 24.1. The Balaban J connectivity index is 1.82. The maximum atomic E-state index is 14.6. The highest BCUT2D eigenvalue weighted by molar-refractivity contribution is 7.92. The highest BCUT2D eigenvalue weighted by Crippen LogP contribution is 2.44. The zero-order chi connectivity index (χ0) is 36.1. The second kappa shape index (κ2) is 18.0. The van der Waals surface area contributed by atoms with Gasteiger partial charge in [0.25, 0.3) is 15.9 Å². The molecule has 1 aromatic carbocycles. The van der Waals surface area contributed by atoms with Crippen LogP contribution in [0.4, 0.5) is 10.6 Å². The maximum Gasteiger partial charge on any atom is 0.510 e. The fourth-order valence-corrected chi connectivity index (χ4v) is 5.74. The second-order valence-corrected chi connectivity index (χ2v) is 11.7. The number of anilines is 1. The standard InChI is InChI=1S/C31H36N6O12S/c1-5-26(49-31(38)46-18-16-45-17-19-47-37(39)40)36(50(41,42)25-11-10-21(2)20-33-25)29-27(48-24-9-7-6-8-23(24)43-3)30(44-4)35-28(34-29)22-12-14-32-15-13-22/h6-15,20,26,39-40H,5,16-19H2,1-4H3. The first kappa shape index (κ1) is 37.6. The molecule has 0 aliphatic heterocycles. The van der Waals surface area contributed by atoms with Crippen molar-refractivity contribution < 1.29 is 56.9 Å². The molecule has 0 spiro atoms. The number of hydrogen-bond donors (Lipinski definition) is 2. The van der Waals surface area contributed by atoms with Gasteiger partial charge in [-0.1, -0.05) is 25.1 Å². The summed E-state index contributed by atoms with van der Waals surface area (Å²) in [7, 11) is -1.93. The number of methoxy groups -OCH3 is 2. The Morgan fingerprint density at radius 1 is 0.920 bits per heavy atom. The van der Waals surface area contributed by atoms with Gasteiger partial charge < -0.3 is 28.4 Å². The lowest BCUT2D eigenvalue weighted by Gasteiger charge is -2.31. The molecule has 268 valence electrons. The predicted molar refractivity (Wildman–Crippen MR) is 172 cm³/mol. The fourth-order valence-electron chi connectivity index (χ4n) is 4.26. The van der Waals surface area contributed by atoms with E-state index in [0.717, 1.165) is 4.31 Å². The predicted octanol–water partition coefficient (Wildman–Crippen LogP) is 4.16. The van der Waals surface area contributed by atoms with E-state index >= 15 is 0 Å². The highest BCUT2D eigenvalue weighted by atomic mass is 32.2. The second-order valence-electron chi connectivity index (χ2n) is 9.95. The zero-order valence-corrected chi connectivity index (χ0v) is 28.3. The molecular weight excluding hydrogens is 680 g/mol. The van der Waals surface area contributed by atoms with Crippen molar-refractivity contribution in [2.45, 2.75) is 31.5 Å². The van der Waals surface area contributed by atoms with Crippen LogP contribution >= 0.6 is 0 Å². The molecule has 3 heterocycles. The van der Waals surface area contributed by atoms with Crippen LogP contribution in [-0.2, 0) is 29.1 Å². The Hall–Kier alpha value is -5.18. The number of carbonyl (C=O) groups is 1. The summed E-state index contributed by atoms with van der Waals surface area (Å²) in [6.45, 7) is 2.66. The molecule has 1 unspecified atom stereocenters. The van der Waals surface area contributed by atoms with Gasteiger partial charge in [-0.05, 0) is 42.8 Å². The molecule has 0 aliphatic carbocycles. The third-order valence-electron chi connectivity index (χ3n) is 6.57. The smallest absolute Gasteiger partial charge is 0.493 e. The van der Waals surface area contributed by atoms with Crippen molar-refractivity contribution in [1.29, 1.82) is 0 Å². The molecular formula is C31H36N6O12S. The van der Waals surface area contributed by atoms with E-state index in [2.05, 4.69) is 24.8 Å². The van der Waals surface area contributed by atoms with Crippen LogP contribution in [0.25, 0.3) is 11.4 Å². The van der Waals surface area contributed by atoms with E-state index in [1.165, 1.54) is 38.9 Å². The van der Waals surface area contributed by atoms with Crippen LogP contribution < -0.4 is 18.5 Å². The van der Waals surface area contributed by atoms with Crippen molar-refractivity contribution in [2.75, 3.05) is 45.0 Å². The van der Waals surface area contributed by atoms with Crippen LogP contribution in [0.2, 0.25) is 0 Å². The molecule has 0 saturated carbocycles. The molecule has 19 heteroatoms. The first-order valence-corrected chi connectivity index (χ1v) is 16.4. The quantitative estimate of drug-likeness (QED) is 0.0640. The number of aryl methyl sites for hydroxylation is 1. The van der Waals surface area contributed by atoms with Gasteiger partial charge in [0.05, 0.1) is 39.4 Å². The summed E-state index contributed by atoms with van der Waals surface area (Å²) >= 11 is 0. The summed E-state index contributed by atoms with van der Waals surface area (Å²) in [5.74, 6) is -0.256. The minimum absolute atomic E-state index is 0.0350. The summed E-state index contributed by atoms with van der Waals surface area (Å²) in [4.78, 5) is 34.6. The lowest BCUT2D eigenvalue weighted by molar-refractivity contribution is -0.493. The lowest BCUT2D eigenvalue weighted by atomic mass is 10.2. The Morgan fingerprint density at radius 2 is 1.64 bits per heavy atom. The Kier molecular flexibility index (Phi) is 13.5. The van der Waals surface area contributed by atoms with Gasteiger partial charge in [-0.25, -0.2) is 23.9 Å². The number of benzene rings is 1. The number of para-hydroxylation sites is 2. The monoisotopic (exact) mass is 716 g/mol. The van der Waals surface area contributed by atoms with Gasteiger partial charge in [-0.2, -0.15) is 13.4 Å². The number of hydrogen-bond acceptors (Lipinski definition) is 17. The fraction of sp³-hybridized carbons (Fsp3) is 0.323. The number of ether oxygens (including phenoxy) is 6. The molecule has 50 heavy (non-hydrogen) atoms. The molecule has 4 aromatic rings. The Morgan fingerprint density at radius 3 is 2.28 bits per heavy atom. The van der Waals surface area contributed by atoms with Crippen molar-refractivity contribution in [3.63, 3.8) is 0 Å². The van der Waals surface area contributed by atoms with Crippen molar-refractivity contribution in [3.8, 4) is 34.5 Å². The molecule has 18 nitrogen and oxygen atoms in total. The van der Waals surface area contributed by atoms with Crippen LogP contribution in [0.3, 0.4) is 0 Å². The van der Waals surface area contributed by atoms with E-state index in [4.69, 9.17) is 38.8 Å². The first-order valence-electron chi connectivity index (χ1n) is 14.9. The topological polar surface area (TPSA) is 214 Å². The van der Waals surface area contributed by atoms with E-state index in [-0.39, 0.29) is 66.9 Å². The zero-order valence-electron chi connectivity index (χ0n) is 27.5. The van der Waals surface area contributed by atoms with Crippen LogP contribution in [0.1, 0.15) is 18.9 Å². The molecule has 0 amide bonds. The van der Waals surface area contributed by atoms with Gasteiger partial charge in [0.1, 0.15) is 6.61 Å². The Bertz CT molecular complexity index is 1800. The minimum Gasteiger partial charge on any atom is -0.493 e. The van der Waals surface area contributed by atoms with Crippen molar-refractivity contribution in [2.24, 2.45) is 0 Å². The molecule has 0 saturated heterocycles. The van der Waals surface area contributed by atoms with Gasteiger partial charge >= 0.3 is 6.16 Å². The molecule has 3 aromatic heterocycles. The summed E-state index contributed by atoms with van der Waals surface area (Å²) in [6, 6.07) is 12.7. The van der Waals surface area contributed by atoms with Gasteiger partial charge in [0.15, 0.2) is 34.4 Å². The maximum absolute atomic E-state index is 14.6. The van der Waals surface area contributed by atoms with Crippen LogP contribution in [0.15, 0.2) is 72.1 Å². The summed E-state index contributed by atoms with van der Waals surface area (Å²) < 4.78 is 63.2. The number of aromatic nitrogens is 4. The van der Waals surface area contributed by atoms with E-state index < -0.39 is 27.8 Å².